The van der Waals surface area contributed by atoms with Crippen LogP contribution in [-0.4, -0.2) is 19.5 Å². The molecule has 0 fully saturated rings. The second kappa shape index (κ2) is 18.9. The van der Waals surface area contributed by atoms with Crippen LogP contribution in [0.3, 0.4) is 0 Å². The van der Waals surface area contributed by atoms with Crippen LogP contribution >= 0.6 is 0 Å². The van der Waals surface area contributed by atoms with Gasteiger partial charge in [-0.3, -0.25) is 29.1 Å². The molecule has 242 valence electrons. The van der Waals surface area contributed by atoms with Crippen LogP contribution in [0.5, 0.6) is 11.6 Å². The quantitative estimate of drug-likeness (QED) is 0.103. The van der Waals surface area contributed by atoms with E-state index in [1.807, 2.05) is 36.4 Å². The van der Waals surface area contributed by atoms with Gasteiger partial charge in [-0.15, -0.1) is 0 Å². The summed E-state index contributed by atoms with van der Waals surface area (Å²) in [7, 11) is 1.61. The van der Waals surface area contributed by atoms with Crippen molar-refractivity contribution in [1.82, 2.24) is 19.5 Å². The summed E-state index contributed by atoms with van der Waals surface area (Å²) in [6.07, 6.45) is 14.9. The number of hydrogen-bond acceptors (Lipinski definition) is 6. The van der Waals surface area contributed by atoms with E-state index in [1.165, 1.54) is 92.0 Å². The van der Waals surface area contributed by atoms with E-state index in [-0.39, 0.29) is 5.88 Å². The van der Waals surface area contributed by atoms with Crippen LogP contribution in [0.15, 0.2) is 79.8 Å². The summed E-state index contributed by atoms with van der Waals surface area (Å²) in [5.41, 5.74) is 1.54. The lowest BCUT2D eigenvalue weighted by Gasteiger charge is -2.10. The average molecular weight is 618 g/mol. The van der Waals surface area contributed by atoms with Gasteiger partial charge in [0.25, 0.3) is 11.1 Å². The standard InChI is InChI=1S/C18H24N2O3.C17H23N3O2/c1-2-3-4-5-6-7-8-14-9-11-15(12-10-14)23-17-13-16(21)19-18(22)20-17;1-3-4-5-6-7-13-8-10-14(11-9-13)18-15-12-16(21)19-17(22)20(15)2/h9-13H,2-8H2,1H3,(H2,19,20,21,22);8-12,18H,3-7H2,1-2H3,(H,19,21,22). The van der Waals surface area contributed by atoms with Crippen LogP contribution in [-0.2, 0) is 19.9 Å². The number of aryl methyl sites for hydroxylation is 2. The van der Waals surface area contributed by atoms with Crippen molar-refractivity contribution in [2.45, 2.75) is 90.9 Å². The fraction of sp³-hybridized carbons (Fsp3) is 0.429. The fourth-order valence-corrected chi connectivity index (χ4v) is 4.80. The average Bonchev–Trinajstić information content (AvgIpc) is 3.01. The van der Waals surface area contributed by atoms with Crippen molar-refractivity contribution in [3.63, 3.8) is 0 Å². The van der Waals surface area contributed by atoms with E-state index in [9.17, 15) is 19.2 Å². The zero-order chi connectivity index (χ0) is 32.4. The van der Waals surface area contributed by atoms with Crippen LogP contribution in [0.2, 0.25) is 0 Å². The number of nitrogens with zero attached hydrogens (tertiary/aromatic N) is 1. The van der Waals surface area contributed by atoms with Gasteiger partial charge in [-0.05, 0) is 61.1 Å². The number of ether oxygens (including phenoxy) is 1. The number of hydrogen-bond donors (Lipinski definition) is 4. The number of unbranched alkanes of at least 4 members (excludes halogenated alkanes) is 8. The van der Waals surface area contributed by atoms with E-state index >= 15 is 0 Å². The van der Waals surface area contributed by atoms with Gasteiger partial charge in [0, 0.05) is 18.8 Å². The molecule has 0 aliphatic rings. The maximum atomic E-state index is 11.5. The number of anilines is 2. The Bertz CT molecular complexity index is 1640. The molecular formula is C35H47N5O5. The van der Waals surface area contributed by atoms with Crippen LogP contribution in [0, 0.1) is 0 Å². The van der Waals surface area contributed by atoms with Crippen LogP contribution in [0.4, 0.5) is 11.5 Å². The summed E-state index contributed by atoms with van der Waals surface area (Å²) < 4.78 is 6.86. The van der Waals surface area contributed by atoms with E-state index < -0.39 is 22.5 Å². The molecule has 0 atom stereocenters. The van der Waals surface area contributed by atoms with Crippen LogP contribution in [0.1, 0.15) is 89.2 Å². The summed E-state index contributed by atoms with van der Waals surface area (Å²) in [4.78, 5) is 52.1. The Kier molecular flexibility index (Phi) is 14.7. The maximum Gasteiger partial charge on any atom is 0.329 e. The topological polar surface area (TPSA) is 142 Å². The van der Waals surface area contributed by atoms with E-state index in [2.05, 4.69) is 46.2 Å². The first kappa shape index (κ1) is 34.9. The first-order valence-electron chi connectivity index (χ1n) is 16.0. The summed E-state index contributed by atoms with van der Waals surface area (Å²) in [5.74, 6) is 1.21. The van der Waals surface area contributed by atoms with Crippen molar-refractivity contribution in [2.75, 3.05) is 5.32 Å². The number of benzene rings is 2. The maximum absolute atomic E-state index is 11.5. The molecule has 4 rings (SSSR count). The zero-order valence-electron chi connectivity index (χ0n) is 26.7. The summed E-state index contributed by atoms with van der Waals surface area (Å²) in [6, 6.07) is 18.4. The smallest absolute Gasteiger partial charge is 0.329 e. The Labute approximate surface area is 263 Å². The van der Waals surface area contributed by atoms with Gasteiger partial charge in [0.15, 0.2) is 0 Å². The Hall–Kier alpha value is -4.60. The number of aromatic amines is 3. The molecule has 0 amide bonds. The molecule has 0 unspecified atom stereocenters. The summed E-state index contributed by atoms with van der Waals surface area (Å²) >= 11 is 0. The molecule has 0 saturated heterocycles. The Morgan fingerprint density at radius 3 is 1.78 bits per heavy atom. The summed E-state index contributed by atoms with van der Waals surface area (Å²) in [5, 5.41) is 3.10. The number of rotatable bonds is 16. The van der Waals surface area contributed by atoms with Gasteiger partial charge in [0.1, 0.15) is 11.6 Å². The van der Waals surface area contributed by atoms with Crippen LogP contribution in [0.25, 0.3) is 0 Å². The van der Waals surface area contributed by atoms with Crippen molar-refractivity contribution in [1.29, 1.82) is 0 Å². The van der Waals surface area contributed by atoms with Gasteiger partial charge in [0.2, 0.25) is 5.88 Å². The highest BCUT2D eigenvalue weighted by Crippen LogP contribution is 2.19. The fourth-order valence-electron chi connectivity index (χ4n) is 4.80. The third kappa shape index (κ3) is 12.9. The molecule has 2 aromatic heterocycles. The molecule has 10 nitrogen and oxygen atoms in total. The molecule has 4 N–H and O–H groups in total. The largest absolute Gasteiger partial charge is 0.441 e. The highest BCUT2D eigenvalue weighted by molar-refractivity contribution is 5.56. The van der Waals surface area contributed by atoms with Crippen LogP contribution < -0.4 is 32.6 Å². The van der Waals surface area contributed by atoms with Gasteiger partial charge in [-0.2, -0.15) is 0 Å². The first-order chi connectivity index (χ1) is 21.8. The Morgan fingerprint density at radius 2 is 1.18 bits per heavy atom. The zero-order valence-corrected chi connectivity index (χ0v) is 26.7. The highest BCUT2D eigenvalue weighted by atomic mass is 16.5. The van der Waals surface area contributed by atoms with Crippen molar-refractivity contribution in [2.24, 2.45) is 7.05 Å². The second-order valence-electron chi connectivity index (χ2n) is 11.2. The monoisotopic (exact) mass is 617 g/mol. The minimum absolute atomic E-state index is 0.141. The molecular weight excluding hydrogens is 570 g/mol. The van der Waals surface area contributed by atoms with Gasteiger partial charge in [0.05, 0.1) is 6.07 Å². The molecule has 0 bridgehead atoms. The van der Waals surface area contributed by atoms with Gasteiger partial charge in [-0.1, -0.05) is 89.5 Å². The van der Waals surface area contributed by atoms with E-state index in [0.29, 0.717) is 11.6 Å². The predicted octanol–water partition coefficient (Wildman–Crippen LogP) is 6.70. The number of H-pyrrole nitrogens is 3. The first-order valence-corrected chi connectivity index (χ1v) is 16.0. The Morgan fingerprint density at radius 1 is 0.644 bits per heavy atom. The molecule has 45 heavy (non-hydrogen) atoms. The van der Waals surface area contributed by atoms with Crippen molar-refractivity contribution in [3.8, 4) is 11.6 Å². The van der Waals surface area contributed by atoms with E-state index in [1.54, 1.807) is 7.05 Å². The molecule has 2 heterocycles. The summed E-state index contributed by atoms with van der Waals surface area (Å²) in [6.45, 7) is 4.44. The minimum Gasteiger partial charge on any atom is -0.441 e. The second-order valence-corrected chi connectivity index (χ2v) is 11.2. The SMILES string of the molecule is CCCCCCCCc1ccc(Oc2cc(=O)[nH]c(=O)[nH]2)cc1.CCCCCCc1ccc(Nc2cc(=O)[nH]c(=O)n2C)cc1. The van der Waals surface area contributed by atoms with Gasteiger partial charge in [-0.25, -0.2) is 9.59 Å². The molecule has 2 aromatic carbocycles. The van der Waals surface area contributed by atoms with E-state index in [0.717, 1.165) is 18.5 Å². The lowest BCUT2D eigenvalue weighted by molar-refractivity contribution is 0.458. The molecule has 0 aliphatic heterocycles. The van der Waals surface area contributed by atoms with Gasteiger partial charge >= 0.3 is 11.4 Å². The van der Waals surface area contributed by atoms with Crippen molar-refractivity contribution in [3.05, 3.63) is 113 Å². The highest BCUT2D eigenvalue weighted by Gasteiger charge is 2.04. The lowest BCUT2D eigenvalue weighted by Crippen LogP contribution is -2.29. The lowest BCUT2D eigenvalue weighted by atomic mass is 10.0. The molecule has 0 spiro atoms. The molecule has 0 saturated carbocycles. The number of nitrogens with one attached hydrogen (secondary N) is 4. The third-order valence-electron chi connectivity index (χ3n) is 7.42. The third-order valence-corrected chi connectivity index (χ3v) is 7.42. The Balaban J connectivity index is 0.000000246. The molecule has 4 aromatic rings. The number of aromatic nitrogens is 4. The normalized spacial score (nSPS) is 10.6. The van der Waals surface area contributed by atoms with Crippen molar-refractivity contribution >= 4 is 11.5 Å². The molecule has 0 radical (unpaired) electrons. The molecule has 0 aliphatic carbocycles. The predicted molar refractivity (Wildman–Crippen MR) is 181 cm³/mol. The van der Waals surface area contributed by atoms with E-state index in [4.69, 9.17) is 4.74 Å². The van der Waals surface area contributed by atoms with Gasteiger partial charge < -0.3 is 10.1 Å². The minimum atomic E-state index is -0.577. The van der Waals surface area contributed by atoms with Crippen molar-refractivity contribution < 1.29 is 4.74 Å². The molecule has 10 heteroatoms.